The number of benzene rings is 2. The molecule has 2 aromatic carbocycles. The number of carbonyl (C=O) groups excluding carboxylic acids is 1. The van der Waals surface area contributed by atoms with Crippen LogP contribution in [0.5, 0.6) is 0 Å². The van der Waals surface area contributed by atoms with Crippen LogP contribution in [0.25, 0.3) is 0 Å². The molecule has 0 fully saturated rings. The summed E-state index contributed by atoms with van der Waals surface area (Å²) in [7, 11) is 0. The van der Waals surface area contributed by atoms with Crippen molar-refractivity contribution in [3.8, 4) is 0 Å². The van der Waals surface area contributed by atoms with Crippen LogP contribution in [0.2, 0.25) is 0 Å². The minimum Gasteiger partial charge on any atom is -0.357 e. The van der Waals surface area contributed by atoms with E-state index in [9.17, 15) is 4.79 Å². The first-order valence-electron chi connectivity index (χ1n) is 9.63. The Balaban J connectivity index is 1.99. The quantitative estimate of drug-likeness (QED) is 0.612. The lowest BCUT2D eigenvalue weighted by Gasteiger charge is -2.24. The number of aryl methyl sites for hydroxylation is 1. The zero-order valence-electron chi connectivity index (χ0n) is 16.7. The van der Waals surface area contributed by atoms with E-state index in [1.165, 1.54) is 0 Å². The number of aromatic nitrogens is 2. The molecule has 0 unspecified atom stereocenters. The molecule has 0 saturated heterocycles. The van der Waals surface area contributed by atoms with E-state index in [0.717, 1.165) is 30.2 Å². The first-order chi connectivity index (χ1) is 13.6. The Bertz CT molecular complexity index is 908. The zero-order valence-corrected chi connectivity index (χ0v) is 16.7. The molecule has 3 rings (SSSR count). The molecule has 0 aliphatic heterocycles. The summed E-state index contributed by atoms with van der Waals surface area (Å²) >= 11 is 0. The molecule has 3 aromatic rings. The molecule has 28 heavy (non-hydrogen) atoms. The number of nitrogens with zero attached hydrogens (tertiary/aromatic N) is 4. The molecule has 1 heterocycles. The second-order valence-corrected chi connectivity index (χ2v) is 6.54. The molecule has 0 aliphatic carbocycles. The van der Waals surface area contributed by atoms with Crippen LogP contribution in [-0.2, 0) is 6.54 Å². The monoisotopic (exact) mass is 374 g/mol. The van der Waals surface area contributed by atoms with Gasteiger partial charge in [-0.05, 0) is 38.5 Å². The van der Waals surface area contributed by atoms with Crippen molar-refractivity contribution in [3.63, 3.8) is 0 Å². The Hall–Kier alpha value is -3.21. The van der Waals surface area contributed by atoms with E-state index in [4.69, 9.17) is 0 Å². The van der Waals surface area contributed by atoms with Gasteiger partial charge in [-0.2, -0.15) is 0 Å². The molecule has 1 amide bonds. The van der Waals surface area contributed by atoms with Crippen LogP contribution in [0.3, 0.4) is 0 Å². The van der Waals surface area contributed by atoms with Gasteiger partial charge in [0, 0.05) is 24.8 Å². The molecule has 0 saturated carbocycles. The van der Waals surface area contributed by atoms with Crippen molar-refractivity contribution in [2.45, 2.75) is 27.3 Å². The Kier molecular flexibility index (Phi) is 6.37. The van der Waals surface area contributed by atoms with Crippen LogP contribution in [0.4, 0.5) is 11.5 Å². The summed E-state index contributed by atoms with van der Waals surface area (Å²) in [4.78, 5) is 26.3. The highest BCUT2D eigenvalue weighted by Crippen LogP contribution is 2.21. The summed E-state index contributed by atoms with van der Waals surface area (Å²) in [5, 5.41) is 0. The van der Waals surface area contributed by atoms with Crippen molar-refractivity contribution in [1.82, 2.24) is 9.97 Å². The van der Waals surface area contributed by atoms with Crippen molar-refractivity contribution in [2.75, 3.05) is 22.9 Å². The van der Waals surface area contributed by atoms with Crippen LogP contribution < -0.4 is 9.80 Å². The van der Waals surface area contributed by atoms with Crippen LogP contribution in [0.1, 0.15) is 35.7 Å². The third-order valence-electron chi connectivity index (χ3n) is 4.63. The van der Waals surface area contributed by atoms with Crippen molar-refractivity contribution in [3.05, 3.63) is 83.8 Å². The summed E-state index contributed by atoms with van der Waals surface area (Å²) < 4.78 is 0. The average molecular weight is 374 g/mol. The first-order valence-corrected chi connectivity index (χ1v) is 9.63. The lowest BCUT2D eigenvalue weighted by Crippen LogP contribution is -2.32. The van der Waals surface area contributed by atoms with Crippen LogP contribution in [-0.4, -0.2) is 29.0 Å². The van der Waals surface area contributed by atoms with Gasteiger partial charge in [0.15, 0.2) is 0 Å². The molecule has 0 atom stereocenters. The van der Waals surface area contributed by atoms with Gasteiger partial charge in [-0.1, -0.05) is 48.5 Å². The van der Waals surface area contributed by atoms with Gasteiger partial charge in [-0.25, -0.2) is 9.97 Å². The molecule has 5 heteroatoms. The number of para-hydroxylation sites is 1. The lowest BCUT2D eigenvalue weighted by atomic mass is 10.1. The molecular weight excluding hydrogens is 348 g/mol. The van der Waals surface area contributed by atoms with E-state index < -0.39 is 0 Å². The summed E-state index contributed by atoms with van der Waals surface area (Å²) in [5.41, 5.74) is 2.32. The highest BCUT2D eigenvalue weighted by atomic mass is 16.2. The third kappa shape index (κ3) is 4.55. The molecule has 5 nitrogen and oxygen atoms in total. The lowest BCUT2D eigenvalue weighted by molar-refractivity contribution is 0.0980. The first kappa shape index (κ1) is 19.5. The second kappa shape index (κ2) is 9.13. The smallest absolute Gasteiger partial charge is 0.277 e. The summed E-state index contributed by atoms with van der Waals surface area (Å²) in [6.07, 6.45) is 0. The van der Waals surface area contributed by atoms with Crippen molar-refractivity contribution in [1.29, 1.82) is 0 Å². The number of carbonyl (C=O) groups is 1. The Morgan fingerprint density at radius 1 is 0.893 bits per heavy atom. The second-order valence-electron chi connectivity index (χ2n) is 6.54. The molecule has 0 radical (unpaired) electrons. The summed E-state index contributed by atoms with van der Waals surface area (Å²) in [5.74, 6) is 1.25. The van der Waals surface area contributed by atoms with Crippen molar-refractivity contribution >= 4 is 17.4 Å². The van der Waals surface area contributed by atoms with E-state index >= 15 is 0 Å². The minimum atomic E-state index is -0.131. The maximum absolute atomic E-state index is 13.5. The molecule has 1 aromatic heterocycles. The van der Waals surface area contributed by atoms with Gasteiger partial charge in [0.1, 0.15) is 17.3 Å². The predicted octanol–water partition coefficient (Wildman–Crippen LogP) is 4.48. The number of hydrogen-bond acceptors (Lipinski definition) is 4. The van der Waals surface area contributed by atoms with E-state index in [1.807, 2.05) is 67.6 Å². The van der Waals surface area contributed by atoms with Crippen LogP contribution in [0, 0.1) is 6.92 Å². The average Bonchev–Trinajstić information content (AvgIpc) is 2.73. The van der Waals surface area contributed by atoms with Gasteiger partial charge in [0.25, 0.3) is 5.91 Å². The fourth-order valence-electron chi connectivity index (χ4n) is 3.16. The van der Waals surface area contributed by atoms with Crippen LogP contribution >= 0.6 is 0 Å². The fourth-order valence-corrected chi connectivity index (χ4v) is 3.16. The van der Waals surface area contributed by atoms with E-state index in [0.29, 0.717) is 18.1 Å². The van der Waals surface area contributed by atoms with Gasteiger partial charge in [-0.3, -0.25) is 4.79 Å². The molecule has 0 N–H and O–H groups in total. The fraction of sp³-hybridized carbons (Fsp3) is 0.261. The number of anilines is 2. The topological polar surface area (TPSA) is 49.3 Å². The van der Waals surface area contributed by atoms with E-state index in [1.54, 1.807) is 11.0 Å². The zero-order chi connectivity index (χ0) is 19.9. The molecule has 0 spiro atoms. The van der Waals surface area contributed by atoms with Gasteiger partial charge < -0.3 is 9.80 Å². The minimum absolute atomic E-state index is 0.131. The maximum Gasteiger partial charge on any atom is 0.277 e. The number of hydrogen-bond donors (Lipinski definition) is 0. The van der Waals surface area contributed by atoms with Gasteiger partial charge in [0.05, 0.1) is 6.54 Å². The van der Waals surface area contributed by atoms with E-state index in [2.05, 4.69) is 28.7 Å². The highest BCUT2D eigenvalue weighted by molar-refractivity contribution is 6.05. The van der Waals surface area contributed by atoms with E-state index in [-0.39, 0.29) is 5.91 Å². The van der Waals surface area contributed by atoms with Crippen molar-refractivity contribution in [2.24, 2.45) is 0 Å². The van der Waals surface area contributed by atoms with Gasteiger partial charge in [-0.15, -0.1) is 0 Å². The Labute approximate surface area is 166 Å². The number of rotatable bonds is 7. The SMILES string of the molecule is CCN(CC)c1cc(C(=O)N(Cc2ccccc2)c2ccccc2)nc(C)n1. The molecule has 0 aliphatic rings. The summed E-state index contributed by atoms with van der Waals surface area (Å²) in [6, 6.07) is 21.5. The Morgan fingerprint density at radius 2 is 1.50 bits per heavy atom. The Morgan fingerprint density at radius 3 is 2.11 bits per heavy atom. The maximum atomic E-state index is 13.5. The largest absolute Gasteiger partial charge is 0.357 e. The normalized spacial score (nSPS) is 10.5. The predicted molar refractivity (Wildman–Crippen MR) is 114 cm³/mol. The van der Waals surface area contributed by atoms with Crippen LogP contribution in [0.15, 0.2) is 66.7 Å². The van der Waals surface area contributed by atoms with Gasteiger partial charge >= 0.3 is 0 Å². The standard InChI is InChI=1S/C23H26N4O/c1-4-26(5-2)22-16-21(24-18(3)25-22)23(28)27(20-14-10-7-11-15-20)17-19-12-8-6-9-13-19/h6-16H,4-5,17H2,1-3H3. The van der Waals surface area contributed by atoms with Crippen molar-refractivity contribution < 1.29 is 4.79 Å². The molecule has 0 bridgehead atoms. The van der Waals surface area contributed by atoms with Gasteiger partial charge in [0.2, 0.25) is 0 Å². The molecule has 144 valence electrons. The molecular formula is C23H26N4O. The summed E-state index contributed by atoms with van der Waals surface area (Å²) in [6.45, 7) is 8.11. The highest BCUT2D eigenvalue weighted by Gasteiger charge is 2.21. The third-order valence-corrected chi connectivity index (χ3v) is 4.63. The number of amides is 1.